The number of ether oxygens (including phenoxy) is 2. The van der Waals surface area contributed by atoms with Crippen LogP contribution in [-0.2, 0) is 0 Å². The van der Waals surface area contributed by atoms with Gasteiger partial charge in [-0.1, -0.05) is 12.1 Å². The van der Waals surface area contributed by atoms with Crippen LogP contribution in [0.5, 0.6) is 11.5 Å². The van der Waals surface area contributed by atoms with Crippen LogP contribution in [0.2, 0.25) is 0 Å². The van der Waals surface area contributed by atoms with Gasteiger partial charge in [0.05, 0.1) is 23.1 Å². The van der Waals surface area contributed by atoms with Crippen LogP contribution in [0.25, 0.3) is 32.7 Å². The Balaban J connectivity index is 1.87. The molecule has 160 valence electrons. The van der Waals surface area contributed by atoms with Gasteiger partial charge in [0.2, 0.25) is 0 Å². The average molecular weight is 430 g/mol. The molecule has 0 amide bonds. The quantitative estimate of drug-likeness (QED) is 0.284. The highest BCUT2D eigenvalue weighted by molar-refractivity contribution is 6.10. The number of hydrogen-bond acceptors (Lipinski definition) is 6. The average Bonchev–Trinajstić information content (AvgIpc) is 2.80. The predicted octanol–water partition coefficient (Wildman–Crippen LogP) is 6.03. The zero-order valence-corrected chi connectivity index (χ0v) is 16.9. The van der Waals surface area contributed by atoms with E-state index in [9.17, 15) is 20.2 Å². The Morgan fingerprint density at radius 3 is 1.47 bits per heavy atom. The van der Waals surface area contributed by atoms with Crippen LogP contribution in [0.1, 0.15) is 12.8 Å². The largest absolute Gasteiger partial charge is 0.493 e. The number of nitrogens with zero attached hydrogens (tertiary/aromatic N) is 2. The lowest BCUT2D eigenvalue weighted by Gasteiger charge is -2.21. The van der Waals surface area contributed by atoms with Crippen molar-refractivity contribution in [3.63, 3.8) is 0 Å². The topological polar surface area (TPSA) is 105 Å². The Bertz CT molecular complexity index is 1290. The van der Waals surface area contributed by atoms with Crippen molar-refractivity contribution < 1.29 is 19.3 Å². The molecular weight excluding hydrogens is 412 g/mol. The van der Waals surface area contributed by atoms with Crippen LogP contribution in [-0.4, -0.2) is 23.1 Å². The van der Waals surface area contributed by atoms with Crippen molar-refractivity contribution in [2.45, 2.75) is 12.8 Å². The molecule has 8 heteroatoms. The van der Waals surface area contributed by atoms with Crippen molar-refractivity contribution in [3.8, 4) is 22.6 Å². The second-order valence-electron chi connectivity index (χ2n) is 7.61. The van der Waals surface area contributed by atoms with Crippen molar-refractivity contribution in [2.24, 2.45) is 0 Å². The van der Waals surface area contributed by atoms with Crippen LogP contribution in [0.3, 0.4) is 0 Å². The lowest BCUT2D eigenvalue weighted by molar-refractivity contribution is -0.384. The molecule has 0 saturated heterocycles. The van der Waals surface area contributed by atoms with Crippen molar-refractivity contribution in [1.29, 1.82) is 0 Å². The molecule has 0 aliphatic carbocycles. The summed E-state index contributed by atoms with van der Waals surface area (Å²) in [6, 6.07) is 16.7. The molecule has 0 unspecified atom stereocenters. The number of non-ortho nitro benzene ring substituents is 2. The fourth-order valence-electron chi connectivity index (χ4n) is 4.15. The molecule has 1 aliphatic heterocycles. The summed E-state index contributed by atoms with van der Waals surface area (Å²) in [5.41, 5.74) is 1.52. The summed E-state index contributed by atoms with van der Waals surface area (Å²) in [5, 5.41) is 25.5. The van der Waals surface area contributed by atoms with Gasteiger partial charge in [-0.3, -0.25) is 20.2 Å². The van der Waals surface area contributed by atoms with Gasteiger partial charge in [0.1, 0.15) is 11.5 Å². The maximum Gasteiger partial charge on any atom is 0.270 e. The molecule has 1 aliphatic rings. The summed E-state index contributed by atoms with van der Waals surface area (Å²) >= 11 is 0. The molecule has 0 N–H and O–H groups in total. The van der Waals surface area contributed by atoms with E-state index in [1.165, 1.54) is 24.3 Å². The highest BCUT2D eigenvalue weighted by Gasteiger charge is 2.22. The summed E-state index contributed by atoms with van der Waals surface area (Å²) in [6.07, 6.45) is 1.65. The Morgan fingerprint density at radius 2 is 1.06 bits per heavy atom. The van der Waals surface area contributed by atoms with Crippen molar-refractivity contribution in [2.75, 3.05) is 13.2 Å². The van der Waals surface area contributed by atoms with Gasteiger partial charge in [0.15, 0.2) is 0 Å². The first-order valence-electron chi connectivity index (χ1n) is 10.2. The third-order valence-electron chi connectivity index (χ3n) is 5.66. The van der Waals surface area contributed by atoms with Crippen molar-refractivity contribution in [1.82, 2.24) is 0 Å². The summed E-state index contributed by atoms with van der Waals surface area (Å²) in [5.74, 6) is 1.29. The van der Waals surface area contributed by atoms with Gasteiger partial charge >= 0.3 is 0 Å². The first-order valence-corrected chi connectivity index (χ1v) is 10.2. The van der Waals surface area contributed by atoms with Crippen molar-refractivity contribution in [3.05, 3.63) is 80.9 Å². The molecule has 8 nitrogen and oxygen atoms in total. The molecule has 0 aromatic heterocycles. The molecule has 0 spiro atoms. The molecule has 1 heterocycles. The molecular formula is C24H18N2O6. The van der Waals surface area contributed by atoms with Gasteiger partial charge in [0.25, 0.3) is 11.4 Å². The van der Waals surface area contributed by atoms with E-state index in [0.29, 0.717) is 35.5 Å². The Hall–Kier alpha value is -4.20. The van der Waals surface area contributed by atoms with Crippen molar-refractivity contribution >= 4 is 32.9 Å². The second-order valence-corrected chi connectivity index (χ2v) is 7.61. The Morgan fingerprint density at radius 1 is 0.625 bits per heavy atom. The van der Waals surface area contributed by atoms with Crippen LogP contribution in [0.15, 0.2) is 60.7 Å². The fourth-order valence-corrected chi connectivity index (χ4v) is 4.15. The Labute approximate surface area is 182 Å². The van der Waals surface area contributed by atoms with E-state index in [-0.39, 0.29) is 11.4 Å². The number of fused-ring (bicyclic) bond motifs is 7. The van der Waals surface area contributed by atoms with E-state index in [1.807, 2.05) is 24.3 Å². The molecule has 0 saturated carbocycles. The standard InChI is InChI=1S/C24H18N2O6/c27-25(28)17-5-7-19-15(13-17)3-9-21-23(19)24-20-8-6-18(26(29)30)14-16(20)4-10-22(24)32-12-2-1-11-31-21/h3-10,13-14H,1-2,11-12H2. The SMILES string of the molecule is O=[N+]([O-])c1ccc2c3c(ccc2c1)OCCCCOc1ccc2cc([N+](=O)[O-])ccc2c1-3. The molecule has 4 aromatic rings. The minimum atomic E-state index is -0.423. The minimum Gasteiger partial charge on any atom is -0.493 e. The number of hydrogen-bond donors (Lipinski definition) is 0. The van der Waals surface area contributed by atoms with Crippen LogP contribution in [0, 0.1) is 20.2 Å². The predicted molar refractivity (Wildman–Crippen MR) is 120 cm³/mol. The Kier molecular flexibility index (Phi) is 4.82. The normalized spacial score (nSPS) is 13.5. The molecule has 5 rings (SSSR count). The molecule has 0 radical (unpaired) electrons. The zero-order valence-electron chi connectivity index (χ0n) is 16.9. The molecule has 0 bridgehead atoms. The van der Waals surface area contributed by atoms with E-state index in [4.69, 9.17) is 9.47 Å². The smallest absolute Gasteiger partial charge is 0.270 e. The number of nitro groups is 2. The highest BCUT2D eigenvalue weighted by atomic mass is 16.6. The number of benzene rings is 4. The monoisotopic (exact) mass is 430 g/mol. The molecule has 32 heavy (non-hydrogen) atoms. The third kappa shape index (κ3) is 3.35. The van der Waals surface area contributed by atoms with Gasteiger partial charge in [-0.2, -0.15) is 0 Å². The van der Waals surface area contributed by atoms with Crippen LogP contribution < -0.4 is 9.47 Å². The number of nitro benzene ring substituents is 2. The van der Waals surface area contributed by atoms with Gasteiger partial charge < -0.3 is 9.47 Å². The van der Waals surface area contributed by atoms with E-state index >= 15 is 0 Å². The van der Waals surface area contributed by atoms with Gasteiger partial charge in [-0.05, 0) is 58.7 Å². The van der Waals surface area contributed by atoms with Gasteiger partial charge in [-0.25, -0.2) is 0 Å². The summed E-state index contributed by atoms with van der Waals surface area (Å²) in [7, 11) is 0. The van der Waals surface area contributed by atoms with Crippen LogP contribution >= 0.6 is 0 Å². The third-order valence-corrected chi connectivity index (χ3v) is 5.66. The zero-order chi connectivity index (χ0) is 22.2. The van der Waals surface area contributed by atoms with E-state index in [1.54, 1.807) is 12.1 Å². The van der Waals surface area contributed by atoms with Gasteiger partial charge in [0, 0.05) is 35.4 Å². The van der Waals surface area contributed by atoms with Crippen LogP contribution in [0.4, 0.5) is 11.4 Å². The van der Waals surface area contributed by atoms with E-state index < -0.39 is 9.85 Å². The second kappa shape index (κ2) is 7.81. The van der Waals surface area contributed by atoms with Gasteiger partial charge in [-0.15, -0.1) is 0 Å². The fraction of sp³-hybridized carbons (Fsp3) is 0.167. The number of rotatable bonds is 2. The first-order chi connectivity index (χ1) is 15.5. The molecule has 0 atom stereocenters. The maximum absolute atomic E-state index is 11.3. The first kappa shape index (κ1) is 19.7. The maximum atomic E-state index is 11.3. The summed E-state index contributed by atoms with van der Waals surface area (Å²) < 4.78 is 12.2. The lowest BCUT2D eigenvalue weighted by atomic mass is 9.91. The van der Waals surface area contributed by atoms with E-state index in [2.05, 4.69) is 0 Å². The highest BCUT2D eigenvalue weighted by Crippen LogP contribution is 2.46. The summed E-state index contributed by atoms with van der Waals surface area (Å²) in [4.78, 5) is 21.7. The minimum absolute atomic E-state index is 0.00301. The molecule has 0 fully saturated rings. The lowest BCUT2D eigenvalue weighted by Crippen LogP contribution is -2.07. The summed E-state index contributed by atoms with van der Waals surface area (Å²) in [6.45, 7) is 1.03. The molecule has 4 aromatic carbocycles. The van der Waals surface area contributed by atoms with E-state index in [0.717, 1.165) is 34.7 Å².